The summed E-state index contributed by atoms with van der Waals surface area (Å²) in [4.78, 5) is 5.91. The van der Waals surface area contributed by atoms with E-state index in [1.165, 1.54) is 18.9 Å². The number of anilines is 1. The maximum atomic E-state index is 13.2. The van der Waals surface area contributed by atoms with Crippen LogP contribution < -0.4 is 4.90 Å². The third-order valence-corrected chi connectivity index (χ3v) is 2.33. The Hall–Kier alpha value is -1.12. The maximum absolute atomic E-state index is 13.2. The molecular formula is C10H13FN2. The minimum atomic E-state index is -0.231. The Kier molecular flexibility index (Phi) is 2.17. The predicted octanol–water partition coefficient (Wildman–Crippen LogP) is 2.07. The first-order chi connectivity index (χ1) is 6.27. The van der Waals surface area contributed by atoms with Crippen molar-refractivity contribution < 1.29 is 4.39 Å². The van der Waals surface area contributed by atoms with Crippen molar-refractivity contribution >= 4 is 5.82 Å². The largest absolute Gasteiger partial charge is 0.357 e. The molecule has 1 aromatic rings. The van der Waals surface area contributed by atoms with Gasteiger partial charge < -0.3 is 4.90 Å². The maximum Gasteiger partial charge on any atom is 0.165 e. The monoisotopic (exact) mass is 180 g/mol. The molecule has 0 bridgehead atoms. The van der Waals surface area contributed by atoms with Gasteiger partial charge in [-0.1, -0.05) is 0 Å². The number of hydrogen-bond donors (Lipinski definition) is 0. The van der Waals surface area contributed by atoms with Gasteiger partial charge >= 0.3 is 0 Å². The fourth-order valence-corrected chi connectivity index (χ4v) is 1.43. The first kappa shape index (κ1) is 8.48. The van der Waals surface area contributed by atoms with Crippen LogP contribution in [0.25, 0.3) is 0 Å². The second kappa shape index (κ2) is 3.32. The molecule has 0 aliphatic heterocycles. The van der Waals surface area contributed by atoms with Crippen LogP contribution in [0.2, 0.25) is 0 Å². The molecule has 3 heteroatoms. The first-order valence-corrected chi connectivity index (χ1v) is 4.59. The summed E-state index contributed by atoms with van der Waals surface area (Å²) in [5, 5.41) is 0. The zero-order chi connectivity index (χ0) is 9.26. The second-order valence-corrected chi connectivity index (χ2v) is 3.63. The lowest BCUT2D eigenvalue weighted by molar-refractivity contribution is 0.611. The molecule has 0 atom stereocenters. The molecule has 0 unspecified atom stereocenters. The van der Waals surface area contributed by atoms with Crippen molar-refractivity contribution in [2.45, 2.75) is 12.8 Å². The Labute approximate surface area is 77.4 Å². The normalized spacial score (nSPS) is 15.8. The van der Waals surface area contributed by atoms with E-state index in [0.717, 1.165) is 12.5 Å². The average molecular weight is 180 g/mol. The highest BCUT2D eigenvalue weighted by Crippen LogP contribution is 2.30. The second-order valence-electron chi connectivity index (χ2n) is 3.63. The Bertz CT molecular complexity index is 297. The van der Waals surface area contributed by atoms with Crippen LogP contribution in [-0.4, -0.2) is 18.6 Å². The van der Waals surface area contributed by atoms with Crippen LogP contribution in [0.1, 0.15) is 12.8 Å². The van der Waals surface area contributed by atoms with E-state index in [4.69, 9.17) is 0 Å². The van der Waals surface area contributed by atoms with Crippen LogP contribution in [-0.2, 0) is 0 Å². The number of rotatable bonds is 3. The SMILES string of the molecule is CN(CC1CC1)c1ncccc1F. The van der Waals surface area contributed by atoms with Gasteiger partial charge in [-0.25, -0.2) is 9.37 Å². The molecule has 1 aliphatic carbocycles. The molecule has 2 rings (SSSR count). The van der Waals surface area contributed by atoms with Crippen molar-refractivity contribution in [2.75, 3.05) is 18.5 Å². The van der Waals surface area contributed by atoms with Crippen LogP contribution in [0.4, 0.5) is 10.2 Å². The summed E-state index contributed by atoms with van der Waals surface area (Å²) in [7, 11) is 1.89. The van der Waals surface area contributed by atoms with E-state index in [-0.39, 0.29) is 5.82 Å². The lowest BCUT2D eigenvalue weighted by Crippen LogP contribution is -2.22. The van der Waals surface area contributed by atoms with Crippen molar-refractivity contribution in [2.24, 2.45) is 5.92 Å². The summed E-state index contributed by atoms with van der Waals surface area (Å²) in [5.74, 6) is 0.992. The Morgan fingerprint density at radius 2 is 2.38 bits per heavy atom. The van der Waals surface area contributed by atoms with Gasteiger partial charge in [-0.2, -0.15) is 0 Å². The summed E-state index contributed by atoms with van der Waals surface area (Å²) < 4.78 is 13.2. The van der Waals surface area contributed by atoms with E-state index in [1.54, 1.807) is 12.3 Å². The highest BCUT2D eigenvalue weighted by atomic mass is 19.1. The van der Waals surface area contributed by atoms with Gasteiger partial charge in [0.25, 0.3) is 0 Å². The van der Waals surface area contributed by atoms with Crippen molar-refractivity contribution in [1.82, 2.24) is 4.98 Å². The zero-order valence-electron chi connectivity index (χ0n) is 7.70. The van der Waals surface area contributed by atoms with Gasteiger partial charge in [0.1, 0.15) is 0 Å². The molecule has 1 fully saturated rings. The average Bonchev–Trinajstić information content (AvgIpc) is 2.89. The van der Waals surface area contributed by atoms with E-state index in [1.807, 2.05) is 11.9 Å². The fourth-order valence-electron chi connectivity index (χ4n) is 1.43. The van der Waals surface area contributed by atoms with E-state index < -0.39 is 0 Å². The summed E-state index contributed by atoms with van der Waals surface area (Å²) in [6.07, 6.45) is 4.18. The van der Waals surface area contributed by atoms with Gasteiger partial charge in [-0.15, -0.1) is 0 Å². The third kappa shape index (κ3) is 1.97. The van der Waals surface area contributed by atoms with Crippen LogP contribution in [0.3, 0.4) is 0 Å². The van der Waals surface area contributed by atoms with Crippen LogP contribution in [0, 0.1) is 11.7 Å². The summed E-state index contributed by atoms with van der Waals surface area (Å²) in [5.41, 5.74) is 0. The van der Waals surface area contributed by atoms with Gasteiger partial charge in [0, 0.05) is 19.8 Å². The van der Waals surface area contributed by atoms with Gasteiger partial charge in [-0.3, -0.25) is 0 Å². The minimum Gasteiger partial charge on any atom is -0.357 e. The van der Waals surface area contributed by atoms with Crippen LogP contribution in [0.5, 0.6) is 0 Å². The number of nitrogens with zero attached hydrogens (tertiary/aromatic N) is 2. The smallest absolute Gasteiger partial charge is 0.165 e. The molecular weight excluding hydrogens is 167 g/mol. The highest BCUT2D eigenvalue weighted by molar-refractivity contribution is 5.38. The lowest BCUT2D eigenvalue weighted by Gasteiger charge is -2.17. The summed E-state index contributed by atoms with van der Waals surface area (Å²) >= 11 is 0. The van der Waals surface area contributed by atoms with Crippen LogP contribution in [0.15, 0.2) is 18.3 Å². The van der Waals surface area contributed by atoms with Gasteiger partial charge in [0.2, 0.25) is 0 Å². The molecule has 0 aromatic carbocycles. The molecule has 1 heterocycles. The molecule has 0 spiro atoms. The lowest BCUT2D eigenvalue weighted by atomic mass is 10.3. The number of aromatic nitrogens is 1. The minimum absolute atomic E-state index is 0.231. The summed E-state index contributed by atoms with van der Waals surface area (Å²) in [6, 6.07) is 3.07. The molecule has 0 radical (unpaired) electrons. The van der Waals surface area contributed by atoms with E-state index >= 15 is 0 Å². The number of hydrogen-bond acceptors (Lipinski definition) is 2. The van der Waals surface area contributed by atoms with E-state index in [0.29, 0.717) is 5.82 Å². The molecule has 1 aliphatic rings. The molecule has 0 N–H and O–H groups in total. The molecule has 0 saturated heterocycles. The molecule has 2 nitrogen and oxygen atoms in total. The first-order valence-electron chi connectivity index (χ1n) is 4.59. The molecule has 1 saturated carbocycles. The highest BCUT2D eigenvalue weighted by Gasteiger charge is 2.24. The molecule has 70 valence electrons. The number of halogens is 1. The fraction of sp³-hybridized carbons (Fsp3) is 0.500. The number of pyridine rings is 1. The predicted molar refractivity (Wildman–Crippen MR) is 50.2 cm³/mol. The third-order valence-electron chi connectivity index (χ3n) is 2.33. The quantitative estimate of drug-likeness (QED) is 0.707. The zero-order valence-corrected chi connectivity index (χ0v) is 7.70. The molecule has 0 amide bonds. The van der Waals surface area contributed by atoms with Gasteiger partial charge in [0.15, 0.2) is 11.6 Å². The topological polar surface area (TPSA) is 16.1 Å². The van der Waals surface area contributed by atoms with Gasteiger partial charge in [0.05, 0.1) is 0 Å². The van der Waals surface area contributed by atoms with Crippen molar-refractivity contribution in [3.63, 3.8) is 0 Å². The van der Waals surface area contributed by atoms with E-state index in [9.17, 15) is 4.39 Å². The Balaban J connectivity index is 2.09. The van der Waals surface area contributed by atoms with Crippen molar-refractivity contribution in [1.29, 1.82) is 0 Å². The van der Waals surface area contributed by atoms with Crippen LogP contribution >= 0.6 is 0 Å². The molecule has 1 aromatic heterocycles. The van der Waals surface area contributed by atoms with Gasteiger partial charge in [-0.05, 0) is 30.9 Å². The summed E-state index contributed by atoms with van der Waals surface area (Å²) in [6.45, 7) is 0.925. The van der Waals surface area contributed by atoms with Crippen molar-refractivity contribution in [3.8, 4) is 0 Å². The Morgan fingerprint density at radius 1 is 1.62 bits per heavy atom. The van der Waals surface area contributed by atoms with E-state index in [2.05, 4.69) is 4.98 Å². The molecule has 13 heavy (non-hydrogen) atoms. The van der Waals surface area contributed by atoms with Crippen molar-refractivity contribution in [3.05, 3.63) is 24.1 Å². The standard InChI is InChI=1S/C10H13FN2/c1-13(7-8-4-5-8)10-9(11)3-2-6-12-10/h2-3,6,8H,4-5,7H2,1H3. The Morgan fingerprint density at radius 3 is 3.00 bits per heavy atom.